The number of anilines is 1. The van der Waals surface area contributed by atoms with Crippen LogP contribution in [0.3, 0.4) is 0 Å². The van der Waals surface area contributed by atoms with E-state index in [1.807, 2.05) is 6.07 Å². The molecule has 1 N–H and O–H groups in total. The van der Waals surface area contributed by atoms with Crippen molar-refractivity contribution in [3.8, 4) is 17.6 Å². The van der Waals surface area contributed by atoms with Crippen molar-refractivity contribution >= 4 is 33.6 Å². The van der Waals surface area contributed by atoms with E-state index in [4.69, 9.17) is 9.47 Å². The molecule has 0 unspecified atom stereocenters. The Labute approximate surface area is 164 Å². The third-order valence-corrected chi connectivity index (χ3v) is 3.98. The summed E-state index contributed by atoms with van der Waals surface area (Å²) < 4.78 is 25.1. The molecule has 0 aliphatic rings. The van der Waals surface area contributed by atoms with E-state index in [-0.39, 0.29) is 11.3 Å². The van der Waals surface area contributed by atoms with E-state index < -0.39 is 11.7 Å². The summed E-state index contributed by atoms with van der Waals surface area (Å²) in [5, 5.41) is 11.7. The van der Waals surface area contributed by atoms with Gasteiger partial charge in [0.05, 0.1) is 17.3 Å². The fraction of sp³-hybridized carbons (Fsp3) is 0.100. The molecule has 1 amide bonds. The zero-order valence-electron chi connectivity index (χ0n) is 14.5. The van der Waals surface area contributed by atoms with E-state index in [1.54, 1.807) is 24.3 Å². The van der Waals surface area contributed by atoms with Gasteiger partial charge in [0, 0.05) is 0 Å². The van der Waals surface area contributed by atoms with Crippen molar-refractivity contribution in [3.05, 3.63) is 70.5 Å². The Morgan fingerprint density at radius 2 is 2.15 bits per heavy atom. The molecule has 0 bridgehead atoms. The first-order valence-electron chi connectivity index (χ1n) is 7.79. The fourth-order valence-electron chi connectivity index (χ4n) is 2.17. The summed E-state index contributed by atoms with van der Waals surface area (Å²) in [5.41, 5.74) is 0.340. The molecular weight excluding hydrogens is 415 g/mol. The SMILES string of the molecule is C=CCOc1c(Br)cc(/C=C(/C#N)C(=O)Nc2ccccc2F)cc1OC. The van der Waals surface area contributed by atoms with Gasteiger partial charge >= 0.3 is 0 Å². The van der Waals surface area contributed by atoms with Crippen LogP contribution in [-0.4, -0.2) is 19.6 Å². The zero-order valence-corrected chi connectivity index (χ0v) is 16.0. The monoisotopic (exact) mass is 430 g/mol. The topological polar surface area (TPSA) is 71.3 Å². The van der Waals surface area contributed by atoms with Crippen LogP contribution >= 0.6 is 15.9 Å². The van der Waals surface area contributed by atoms with Gasteiger partial charge in [-0.25, -0.2) is 4.39 Å². The lowest BCUT2D eigenvalue weighted by atomic mass is 10.1. The van der Waals surface area contributed by atoms with Gasteiger partial charge in [-0.3, -0.25) is 4.79 Å². The van der Waals surface area contributed by atoms with Gasteiger partial charge in [0.25, 0.3) is 5.91 Å². The van der Waals surface area contributed by atoms with Gasteiger partial charge in [-0.05, 0) is 51.8 Å². The average Bonchev–Trinajstić information content (AvgIpc) is 2.66. The molecule has 0 radical (unpaired) electrons. The normalized spacial score (nSPS) is 10.7. The Kier molecular flexibility index (Phi) is 7.15. The van der Waals surface area contributed by atoms with E-state index in [9.17, 15) is 14.4 Å². The Morgan fingerprint density at radius 1 is 1.41 bits per heavy atom. The first-order chi connectivity index (χ1) is 13.0. The molecule has 0 fully saturated rings. The number of carbonyl (C=O) groups is 1. The lowest BCUT2D eigenvalue weighted by molar-refractivity contribution is -0.112. The minimum atomic E-state index is -0.718. The van der Waals surface area contributed by atoms with Crippen LogP contribution < -0.4 is 14.8 Å². The zero-order chi connectivity index (χ0) is 19.8. The summed E-state index contributed by atoms with van der Waals surface area (Å²) in [5.74, 6) is -0.408. The predicted molar refractivity (Wildman–Crippen MR) is 105 cm³/mol. The number of ether oxygens (including phenoxy) is 2. The van der Waals surface area contributed by atoms with Crippen molar-refractivity contribution in [3.63, 3.8) is 0 Å². The maximum atomic E-state index is 13.7. The number of benzene rings is 2. The largest absolute Gasteiger partial charge is 0.493 e. The Hall–Kier alpha value is -3.11. The molecule has 0 aromatic heterocycles. The Bertz CT molecular complexity index is 935. The Balaban J connectivity index is 2.33. The van der Waals surface area contributed by atoms with Crippen molar-refractivity contribution in [1.82, 2.24) is 0 Å². The Morgan fingerprint density at radius 3 is 2.78 bits per heavy atom. The summed E-state index contributed by atoms with van der Waals surface area (Å²) >= 11 is 3.38. The smallest absolute Gasteiger partial charge is 0.266 e. The molecule has 7 heteroatoms. The number of nitrogens with one attached hydrogen (secondary N) is 1. The molecule has 27 heavy (non-hydrogen) atoms. The van der Waals surface area contributed by atoms with Crippen LogP contribution in [0.1, 0.15) is 5.56 Å². The highest BCUT2D eigenvalue weighted by Crippen LogP contribution is 2.37. The van der Waals surface area contributed by atoms with Gasteiger partial charge in [0.2, 0.25) is 0 Å². The number of amides is 1. The summed E-state index contributed by atoms with van der Waals surface area (Å²) in [4.78, 5) is 12.3. The van der Waals surface area contributed by atoms with Gasteiger partial charge in [-0.1, -0.05) is 24.8 Å². The first-order valence-corrected chi connectivity index (χ1v) is 8.58. The van der Waals surface area contributed by atoms with Crippen LogP contribution in [0.25, 0.3) is 6.08 Å². The van der Waals surface area contributed by atoms with Crippen LogP contribution in [0, 0.1) is 17.1 Å². The molecule has 2 aromatic carbocycles. The van der Waals surface area contributed by atoms with E-state index >= 15 is 0 Å². The lowest BCUT2D eigenvalue weighted by Crippen LogP contribution is -2.14. The number of nitrogens with zero attached hydrogens (tertiary/aromatic N) is 1. The fourth-order valence-corrected chi connectivity index (χ4v) is 2.75. The molecule has 0 aliphatic heterocycles. The number of hydrogen-bond acceptors (Lipinski definition) is 4. The molecule has 138 valence electrons. The maximum Gasteiger partial charge on any atom is 0.266 e. The third kappa shape index (κ3) is 5.19. The summed E-state index contributed by atoms with van der Waals surface area (Å²) in [6, 6.07) is 10.8. The summed E-state index contributed by atoms with van der Waals surface area (Å²) in [6.45, 7) is 3.88. The van der Waals surface area contributed by atoms with E-state index in [2.05, 4.69) is 27.8 Å². The lowest BCUT2D eigenvalue weighted by Gasteiger charge is -2.12. The molecular formula is C20H16BrFN2O3. The number of carbonyl (C=O) groups excluding carboxylic acids is 1. The van der Waals surface area contributed by atoms with Crippen molar-refractivity contribution in [2.45, 2.75) is 0 Å². The predicted octanol–water partition coefficient (Wildman–Crippen LogP) is 4.71. The summed E-state index contributed by atoms with van der Waals surface area (Å²) in [6.07, 6.45) is 2.97. The second-order valence-electron chi connectivity index (χ2n) is 5.24. The number of para-hydroxylation sites is 1. The van der Waals surface area contributed by atoms with Crippen LogP contribution in [-0.2, 0) is 4.79 Å². The number of nitriles is 1. The van der Waals surface area contributed by atoms with Crippen LogP contribution in [0.2, 0.25) is 0 Å². The maximum absolute atomic E-state index is 13.7. The molecule has 5 nitrogen and oxygen atoms in total. The van der Waals surface area contributed by atoms with E-state index in [0.29, 0.717) is 28.1 Å². The number of halogens is 2. The minimum absolute atomic E-state index is 0.00409. The quantitative estimate of drug-likeness (QED) is 0.392. The van der Waals surface area contributed by atoms with Crippen LogP contribution in [0.5, 0.6) is 11.5 Å². The minimum Gasteiger partial charge on any atom is -0.493 e. The molecule has 0 aliphatic carbocycles. The molecule has 2 rings (SSSR count). The number of rotatable bonds is 7. The molecule has 0 saturated heterocycles. The highest BCUT2D eigenvalue weighted by molar-refractivity contribution is 9.10. The number of methoxy groups -OCH3 is 1. The van der Waals surface area contributed by atoms with E-state index in [0.717, 1.165) is 0 Å². The molecule has 0 spiro atoms. The van der Waals surface area contributed by atoms with Crippen LogP contribution in [0.4, 0.5) is 10.1 Å². The van der Waals surface area contributed by atoms with Gasteiger partial charge in [0.15, 0.2) is 11.5 Å². The van der Waals surface area contributed by atoms with E-state index in [1.165, 1.54) is 31.4 Å². The molecule has 0 heterocycles. The first kappa shape index (κ1) is 20.2. The van der Waals surface area contributed by atoms with Gasteiger partial charge in [-0.15, -0.1) is 0 Å². The van der Waals surface area contributed by atoms with Crippen molar-refractivity contribution in [1.29, 1.82) is 5.26 Å². The molecule has 0 atom stereocenters. The molecule has 0 saturated carbocycles. The van der Waals surface area contributed by atoms with Crippen molar-refractivity contribution in [2.24, 2.45) is 0 Å². The van der Waals surface area contributed by atoms with Crippen molar-refractivity contribution in [2.75, 3.05) is 19.0 Å². The highest BCUT2D eigenvalue weighted by atomic mass is 79.9. The average molecular weight is 431 g/mol. The van der Waals surface area contributed by atoms with Gasteiger partial charge in [-0.2, -0.15) is 5.26 Å². The second kappa shape index (κ2) is 9.55. The third-order valence-electron chi connectivity index (χ3n) is 3.40. The number of hydrogen-bond donors (Lipinski definition) is 1. The van der Waals surface area contributed by atoms with Gasteiger partial charge in [0.1, 0.15) is 24.1 Å². The van der Waals surface area contributed by atoms with Crippen LogP contribution in [0.15, 0.2) is 59.1 Å². The molecule has 2 aromatic rings. The highest BCUT2D eigenvalue weighted by Gasteiger charge is 2.14. The second-order valence-corrected chi connectivity index (χ2v) is 6.09. The van der Waals surface area contributed by atoms with Gasteiger partial charge < -0.3 is 14.8 Å². The summed E-state index contributed by atoms with van der Waals surface area (Å²) in [7, 11) is 1.48. The van der Waals surface area contributed by atoms with Crippen molar-refractivity contribution < 1.29 is 18.7 Å². The standard InChI is InChI=1S/C20H16BrFN2O3/c1-3-8-27-19-15(21)10-13(11-18(19)26-2)9-14(12-23)20(25)24-17-7-5-4-6-16(17)22/h3-7,9-11H,1,8H2,2H3,(H,24,25)/b14-9-.